The van der Waals surface area contributed by atoms with Gasteiger partial charge in [0.15, 0.2) is 6.61 Å². The predicted octanol–water partition coefficient (Wildman–Crippen LogP) is 3.18. The number of hydrogen-bond acceptors (Lipinski definition) is 4. The van der Waals surface area contributed by atoms with E-state index in [1.165, 1.54) is 12.1 Å². The van der Waals surface area contributed by atoms with Crippen LogP contribution in [0.5, 0.6) is 5.75 Å². The minimum absolute atomic E-state index is 0.00957. The molecule has 1 unspecified atom stereocenters. The number of carbonyl (C=O) groups excluding carboxylic acids is 1. The van der Waals surface area contributed by atoms with Gasteiger partial charge in [-0.3, -0.25) is 9.69 Å². The summed E-state index contributed by atoms with van der Waals surface area (Å²) in [5, 5.41) is 3.80. The largest absolute Gasteiger partial charge is 0.484 e. The summed E-state index contributed by atoms with van der Waals surface area (Å²) in [7, 11) is 1.91. The number of amides is 1. The average molecular weight is 420 g/mol. The first-order valence-corrected chi connectivity index (χ1v) is 10.2. The molecular weight excluding hydrogens is 393 g/mol. The molecule has 1 atom stereocenters. The highest BCUT2D eigenvalue weighted by molar-refractivity contribution is 6.30. The molecule has 1 N–H and O–H groups in total. The van der Waals surface area contributed by atoms with Gasteiger partial charge in [-0.25, -0.2) is 4.39 Å². The lowest BCUT2D eigenvalue weighted by Gasteiger charge is -2.41. The smallest absolute Gasteiger partial charge is 0.260 e. The monoisotopic (exact) mass is 419 g/mol. The van der Waals surface area contributed by atoms with Gasteiger partial charge in [0.1, 0.15) is 11.6 Å². The van der Waals surface area contributed by atoms with Gasteiger partial charge >= 0.3 is 0 Å². The van der Waals surface area contributed by atoms with Gasteiger partial charge in [0.25, 0.3) is 5.91 Å². The fraction of sp³-hybridized carbons (Fsp3) is 0.409. The number of piperazine rings is 1. The molecule has 1 fully saturated rings. The van der Waals surface area contributed by atoms with Gasteiger partial charge in [-0.15, -0.1) is 0 Å². The molecule has 1 aliphatic rings. The molecule has 0 bridgehead atoms. The van der Waals surface area contributed by atoms with Gasteiger partial charge in [0.2, 0.25) is 0 Å². The molecule has 1 saturated heterocycles. The lowest BCUT2D eigenvalue weighted by molar-refractivity contribution is -0.138. The Labute approximate surface area is 176 Å². The predicted molar refractivity (Wildman–Crippen MR) is 113 cm³/mol. The fourth-order valence-corrected chi connectivity index (χ4v) is 3.68. The second-order valence-corrected chi connectivity index (χ2v) is 7.67. The van der Waals surface area contributed by atoms with E-state index in [4.69, 9.17) is 16.3 Å². The molecule has 2 aromatic rings. The molecule has 0 saturated carbocycles. The summed E-state index contributed by atoms with van der Waals surface area (Å²) in [6, 6.07) is 13.7. The maximum Gasteiger partial charge on any atom is 0.260 e. The van der Waals surface area contributed by atoms with Crippen molar-refractivity contribution in [3.63, 3.8) is 0 Å². The number of nitrogens with zero attached hydrogens (tertiary/aromatic N) is 2. The Balaban J connectivity index is 1.57. The molecule has 7 heteroatoms. The van der Waals surface area contributed by atoms with Gasteiger partial charge in [0.05, 0.1) is 0 Å². The van der Waals surface area contributed by atoms with E-state index in [1.807, 2.05) is 24.1 Å². The second kappa shape index (κ2) is 10.6. The Morgan fingerprint density at radius 2 is 1.90 bits per heavy atom. The van der Waals surface area contributed by atoms with Crippen molar-refractivity contribution in [2.45, 2.75) is 19.0 Å². The second-order valence-electron chi connectivity index (χ2n) is 7.24. The zero-order valence-corrected chi connectivity index (χ0v) is 17.4. The summed E-state index contributed by atoms with van der Waals surface area (Å²) >= 11 is 5.88. The van der Waals surface area contributed by atoms with Crippen LogP contribution in [-0.4, -0.2) is 61.6 Å². The Morgan fingerprint density at radius 1 is 1.17 bits per heavy atom. The van der Waals surface area contributed by atoms with Gasteiger partial charge in [-0.1, -0.05) is 23.7 Å². The van der Waals surface area contributed by atoms with E-state index in [1.54, 1.807) is 24.3 Å². The van der Waals surface area contributed by atoms with Crippen LogP contribution >= 0.6 is 11.6 Å². The van der Waals surface area contributed by atoms with Gasteiger partial charge in [-0.2, -0.15) is 0 Å². The standard InChI is InChI=1S/C22H27ClFN3O2/c1-25-11-10-20-15-26(14-17-2-6-19(24)7-3-17)12-13-27(20)22(28)16-29-21-8-4-18(23)5-9-21/h2-9,20,25H,10-16H2,1H3. The molecular formula is C22H27ClFN3O2. The van der Waals surface area contributed by atoms with Crippen molar-refractivity contribution in [1.82, 2.24) is 15.1 Å². The van der Waals surface area contributed by atoms with Crippen LogP contribution in [0.3, 0.4) is 0 Å². The topological polar surface area (TPSA) is 44.8 Å². The van der Waals surface area contributed by atoms with E-state index in [0.717, 1.165) is 38.2 Å². The van der Waals surface area contributed by atoms with Crippen molar-refractivity contribution in [2.75, 3.05) is 39.8 Å². The third-order valence-corrected chi connectivity index (χ3v) is 5.36. The van der Waals surface area contributed by atoms with Crippen LogP contribution in [0, 0.1) is 5.82 Å². The Hall–Kier alpha value is -2.15. The van der Waals surface area contributed by atoms with E-state index in [2.05, 4.69) is 10.2 Å². The summed E-state index contributed by atoms with van der Waals surface area (Å²) in [5.74, 6) is 0.392. The Kier molecular flexibility index (Phi) is 7.86. The Morgan fingerprint density at radius 3 is 2.59 bits per heavy atom. The van der Waals surface area contributed by atoms with E-state index < -0.39 is 0 Å². The first-order valence-electron chi connectivity index (χ1n) is 9.84. The molecule has 0 aliphatic carbocycles. The summed E-state index contributed by atoms with van der Waals surface area (Å²) < 4.78 is 18.8. The van der Waals surface area contributed by atoms with Crippen molar-refractivity contribution in [1.29, 1.82) is 0 Å². The maximum atomic E-state index is 13.1. The molecule has 0 radical (unpaired) electrons. The maximum absolute atomic E-state index is 13.1. The summed E-state index contributed by atoms with van der Waals surface area (Å²) in [5.41, 5.74) is 1.07. The number of hydrogen-bond donors (Lipinski definition) is 1. The van der Waals surface area contributed by atoms with E-state index in [-0.39, 0.29) is 24.4 Å². The van der Waals surface area contributed by atoms with Crippen LogP contribution in [0.1, 0.15) is 12.0 Å². The van der Waals surface area contributed by atoms with Gasteiger partial charge in [-0.05, 0) is 62.0 Å². The van der Waals surface area contributed by atoms with Crippen LogP contribution in [-0.2, 0) is 11.3 Å². The number of carbonyl (C=O) groups is 1. The summed E-state index contributed by atoms with van der Waals surface area (Å²) in [6.45, 7) is 3.80. The van der Waals surface area contributed by atoms with Crippen LogP contribution in [0.25, 0.3) is 0 Å². The molecule has 2 aromatic carbocycles. The normalized spacial score (nSPS) is 17.3. The van der Waals surface area contributed by atoms with Crippen molar-refractivity contribution in [3.8, 4) is 5.75 Å². The minimum atomic E-state index is -0.225. The van der Waals surface area contributed by atoms with E-state index >= 15 is 0 Å². The highest BCUT2D eigenvalue weighted by atomic mass is 35.5. The lowest BCUT2D eigenvalue weighted by atomic mass is 10.1. The average Bonchev–Trinajstić information content (AvgIpc) is 2.73. The molecule has 5 nitrogen and oxygen atoms in total. The number of rotatable bonds is 8. The number of nitrogens with one attached hydrogen (secondary N) is 1. The number of benzene rings is 2. The fourth-order valence-electron chi connectivity index (χ4n) is 3.56. The zero-order chi connectivity index (χ0) is 20.6. The van der Waals surface area contributed by atoms with Crippen molar-refractivity contribution < 1.29 is 13.9 Å². The first kappa shape index (κ1) is 21.6. The first-order chi connectivity index (χ1) is 14.0. The summed E-state index contributed by atoms with van der Waals surface area (Å²) in [6.07, 6.45) is 0.864. The van der Waals surface area contributed by atoms with Crippen LogP contribution in [0.15, 0.2) is 48.5 Å². The van der Waals surface area contributed by atoms with Crippen molar-refractivity contribution in [2.24, 2.45) is 0 Å². The lowest BCUT2D eigenvalue weighted by Crippen LogP contribution is -2.56. The number of ether oxygens (including phenoxy) is 1. The van der Waals surface area contributed by atoms with Gasteiger partial charge < -0.3 is 15.0 Å². The van der Waals surface area contributed by atoms with Crippen molar-refractivity contribution in [3.05, 3.63) is 64.9 Å². The summed E-state index contributed by atoms with van der Waals surface area (Å²) in [4.78, 5) is 17.1. The minimum Gasteiger partial charge on any atom is -0.484 e. The quantitative estimate of drug-likeness (QED) is 0.713. The van der Waals surface area contributed by atoms with E-state index in [9.17, 15) is 9.18 Å². The van der Waals surface area contributed by atoms with E-state index in [0.29, 0.717) is 17.3 Å². The molecule has 1 amide bonds. The SMILES string of the molecule is CNCCC1CN(Cc2ccc(F)cc2)CCN1C(=O)COc1ccc(Cl)cc1. The zero-order valence-electron chi connectivity index (χ0n) is 16.6. The van der Waals surface area contributed by atoms with Crippen LogP contribution in [0.2, 0.25) is 5.02 Å². The van der Waals surface area contributed by atoms with Crippen LogP contribution < -0.4 is 10.1 Å². The highest BCUT2D eigenvalue weighted by Crippen LogP contribution is 2.18. The van der Waals surface area contributed by atoms with Gasteiger partial charge in [0, 0.05) is 37.2 Å². The molecule has 156 valence electrons. The molecule has 1 heterocycles. The highest BCUT2D eigenvalue weighted by Gasteiger charge is 2.30. The third kappa shape index (κ3) is 6.42. The van der Waals surface area contributed by atoms with Crippen molar-refractivity contribution >= 4 is 17.5 Å². The molecule has 1 aliphatic heterocycles. The van der Waals surface area contributed by atoms with Crippen LogP contribution in [0.4, 0.5) is 4.39 Å². The number of halogens is 2. The molecule has 3 rings (SSSR count). The Bertz CT molecular complexity index is 786. The third-order valence-electron chi connectivity index (χ3n) is 5.11. The molecule has 0 spiro atoms. The molecule has 29 heavy (non-hydrogen) atoms. The molecule has 0 aromatic heterocycles.